The Kier molecular flexibility index (Phi) is 4.94. The van der Waals surface area contributed by atoms with Crippen molar-refractivity contribution < 1.29 is 4.39 Å². The molecule has 90 valence electrons. The van der Waals surface area contributed by atoms with E-state index in [9.17, 15) is 4.39 Å². The number of likely N-dealkylation sites (N-methyl/N-ethyl adjacent to an activating group) is 1. The molecule has 0 atom stereocenters. The summed E-state index contributed by atoms with van der Waals surface area (Å²) in [5, 5.41) is 3.39. The number of rotatable bonds is 6. The SMILES string of the molecule is CCNCC(CC)(CC)c1cccc(F)c1. The van der Waals surface area contributed by atoms with Gasteiger partial charge in [-0.25, -0.2) is 4.39 Å². The van der Waals surface area contributed by atoms with Crippen LogP contribution >= 0.6 is 0 Å². The predicted molar refractivity (Wildman–Crippen MR) is 67.2 cm³/mol. The van der Waals surface area contributed by atoms with Gasteiger partial charge in [0.05, 0.1) is 0 Å². The summed E-state index contributed by atoms with van der Waals surface area (Å²) in [6.45, 7) is 8.32. The summed E-state index contributed by atoms with van der Waals surface area (Å²) in [5.41, 5.74) is 1.18. The average molecular weight is 223 g/mol. The van der Waals surface area contributed by atoms with Crippen molar-refractivity contribution in [1.82, 2.24) is 5.32 Å². The Morgan fingerprint density at radius 3 is 2.38 bits per heavy atom. The van der Waals surface area contributed by atoms with E-state index in [2.05, 4.69) is 26.1 Å². The molecule has 0 aromatic heterocycles. The third-order valence-corrected chi connectivity index (χ3v) is 3.50. The van der Waals surface area contributed by atoms with Gasteiger partial charge in [0.25, 0.3) is 0 Å². The molecule has 0 spiro atoms. The second kappa shape index (κ2) is 6.00. The molecule has 0 fully saturated rings. The van der Waals surface area contributed by atoms with E-state index < -0.39 is 0 Å². The number of halogens is 1. The van der Waals surface area contributed by atoms with Crippen molar-refractivity contribution in [2.75, 3.05) is 13.1 Å². The van der Waals surface area contributed by atoms with E-state index in [1.54, 1.807) is 12.1 Å². The largest absolute Gasteiger partial charge is 0.316 e. The summed E-state index contributed by atoms with van der Waals surface area (Å²) in [6, 6.07) is 7.02. The molecule has 1 rings (SSSR count). The number of hydrogen-bond acceptors (Lipinski definition) is 1. The molecule has 16 heavy (non-hydrogen) atoms. The first-order valence-electron chi connectivity index (χ1n) is 6.15. The maximum atomic E-state index is 13.3. The highest BCUT2D eigenvalue weighted by atomic mass is 19.1. The molecule has 0 aliphatic rings. The van der Waals surface area contributed by atoms with Crippen LogP contribution in [0.25, 0.3) is 0 Å². The van der Waals surface area contributed by atoms with Crippen LogP contribution in [0.5, 0.6) is 0 Å². The molecule has 1 N–H and O–H groups in total. The van der Waals surface area contributed by atoms with E-state index in [-0.39, 0.29) is 11.2 Å². The van der Waals surface area contributed by atoms with Crippen molar-refractivity contribution in [2.24, 2.45) is 0 Å². The Labute approximate surface area is 98.1 Å². The second-order valence-electron chi connectivity index (χ2n) is 4.28. The average Bonchev–Trinajstić information content (AvgIpc) is 2.31. The lowest BCUT2D eigenvalue weighted by Crippen LogP contribution is -2.37. The minimum Gasteiger partial charge on any atom is -0.316 e. The summed E-state index contributed by atoms with van der Waals surface area (Å²) in [6.07, 6.45) is 2.06. The molecule has 0 saturated carbocycles. The van der Waals surface area contributed by atoms with Crippen LogP contribution in [0, 0.1) is 5.82 Å². The van der Waals surface area contributed by atoms with Crippen molar-refractivity contribution in [3.05, 3.63) is 35.6 Å². The van der Waals surface area contributed by atoms with E-state index in [0.717, 1.165) is 31.5 Å². The van der Waals surface area contributed by atoms with E-state index in [1.807, 2.05) is 6.07 Å². The molecule has 0 radical (unpaired) electrons. The Bertz CT molecular complexity index is 318. The normalized spacial score (nSPS) is 11.8. The summed E-state index contributed by atoms with van der Waals surface area (Å²) in [4.78, 5) is 0. The van der Waals surface area contributed by atoms with Crippen LogP contribution in [0.3, 0.4) is 0 Å². The molecule has 2 heteroatoms. The fourth-order valence-electron chi connectivity index (χ4n) is 2.19. The first-order valence-corrected chi connectivity index (χ1v) is 6.15. The van der Waals surface area contributed by atoms with Gasteiger partial charge in [0, 0.05) is 12.0 Å². The van der Waals surface area contributed by atoms with Crippen molar-refractivity contribution in [1.29, 1.82) is 0 Å². The van der Waals surface area contributed by atoms with E-state index in [4.69, 9.17) is 0 Å². The fraction of sp³-hybridized carbons (Fsp3) is 0.571. The summed E-state index contributed by atoms with van der Waals surface area (Å²) in [7, 11) is 0. The van der Waals surface area contributed by atoms with Gasteiger partial charge in [0.1, 0.15) is 5.82 Å². The van der Waals surface area contributed by atoms with Gasteiger partial charge in [-0.05, 0) is 37.1 Å². The molecule has 0 aliphatic heterocycles. The summed E-state index contributed by atoms with van der Waals surface area (Å²) in [5.74, 6) is -0.139. The number of benzene rings is 1. The minimum absolute atomic E-state index is 0.0676. The van der Waals surface area contributed by atoms with Gasteiger partial charge >= 0.3 is 0 Å². The van der Waals surface area contributed by atoms with Crippen LogP contribution in [-0.2, 0) is 5.41 Å². The standard InChI is InChI=1S/C14H22FN/c1-4-14(5-2,11-16-6-3)12-8-7-9-13(15)10-12/h7-10,16H,4-6,11H2,1-3H3. The van der Waals surface area contributed by atoms with Crippen LogP contribution in [0.15, 0.2) is 24.3 Å². The smallest absolute Gasteiger partial charge is 0.123 e. The van der Waals surface area contributed by atoms with Gasteiger partial charge in [0.2, 0.25) is 0 Å². The molecular formula is C14H22FN. The lowest BCUT2D eigenvalue weighted by molar-refractivity contribution is 0.370. The van der Waals surface area contributed by atoms with Crippen LogP contribution in [0.2, 0.25) is 0 Å². The third-order valence-electron chi connectivity index (χ3n) is 3.50. The predicted octanol–water partition coefficient (Wildman–Crippen LogP) is 3.49. The molecule has 0 aliphatic carbocycles. The zero-order chi connectivity index (χ0) is 12.0. The van der Waals surface area contributed by atoms with Crippen molar-refractivity contribution in [3.8, 4) is 0 Å². The maximum Gasteiger partial charge on any atom is 0.123 e. The second-order valence-corrected chi connectivity index (χ2v) is 4.28. The molecule has 0 heterocycles. The first-order chi connectivity index (χ1) is 7.68. The fourth-order valence-corrected chi connectivity index (χ4v) is 2.19. The van der Waals surface area contributed by atoms with Crippen LogP contribution < -0.4 is 5.32 Å². The van der Waals surface area contributed by atoms with Gasteiger partial charge < -0.3 is 5.32 Å². The van der Waals surface area contributed by atoms with Crippen LogP contribution in [-0.4, -0.2) is 13.1 Å². The van der Waals surface area contributed by atoms with E-state index in [0.29, 0.717) is 0 Å². The van der Waals surface area contributed by atoms with E-state index >= 15 is 0 Å². The Morgan fingerprint density at radius 2 is 1.88 bits per heavy atom. The third kappa shape index (κ3) is 2.82. The highest BCUT2D eigenvalue weighted by Gasteiger charge is 2.27. The quantitative estimate of drug-likeness (QED) is 0.778. The van der Waals surface area contributed by atoms with Crippen molar-refractivity contribution in [3.63, 3.8) is 0 Å². The minimum atomic E-state index is -0.139. The number of nitrogens with one attached hydrogen (secondary N) is 1. The van der Waals surface area contributed by atoms with Gasteiger partial charge in [-0.15, -0.1) is 0 Å². The molecule has 0 unspecified atom stereocenters. The van der Waals surface area contributed by atoms with E-state index in [1.165, 1.54) is 6.07 Å². The van der Waals surface area contributed by atoms with Gasteiger partial charge in [-0.1, -0.05) is 32.9 Å². The topological polar surface area (TPSA) is 12.0 Å². The summed E-state index contributed by atoms with van der Waals surface area (Å²) >= 11 is 0. The highest BCUT2D eigenvalue weighted by molar-refractivity contribution is 5.26. The molecule has 1 aromatic rings. The van der Waals surface area contributed by atoms with Gasteiger partial charge in [-0.3, -0.25) is 0 Å². The van der Waals surface area contributed by atoms with Gasteiger partial charge in [-0.2, -0.15) is 0 Å². The molecule has 1 nitrogen and oxygen atoms in total. The molecule has 1 aromatic carbocycles. The van der Waals surface area contributed by atoms with Crippen LogP contribution in [0.1, 0.15) is 39.2 Å². The monoisotopic (exact) mass is 223 g/mol. The molecule has 0 amide bonds. The zero-order valence-electron chi connectivity index (χ0n) is 10.5. The Hall–Kier alpha value is -0.890. The van der Waals surface area contributed by atoms with Crippen molar-refractivity contribution >= 4 is 0 Å². The maximum absolute atomic E-state index is 13.3. The van der Waals surface area contributed by atoms with Gasteiger partial charge in [0.15, 0.2) is 0 Å². The summed E-state index contributed by atoms with van der Waals surface area (Å²) < 4.78 is 13.3. The molecular weight excluding hydrogens is 201 g/mol. The van der Waals surface area contributed by atoms with Crippen LogP contribution in [0.4, 0.5) is 4.39 Å². The Morgan fingerprint density at radius 1 is 1.19 bits per heavy atom. The van der Waals surface area contributed by atoms with Crippen molar-refractivity contribution in [2.45, 2.75) is 39.0 Å². The lowest BCUT2D eigenvalue weighted by atomic mass is 9.76. The lowest BCUT2D eigenvalue weighted by Gasteiger charge is -2.32. The number of hydrogen-bond donors (Lipinski definition) is 1. The first kappa shape index (κ1) is 13.2. The zero-order valence-corrected chi connectivity index (χ0v) is 10.5. The molecule has 0 bridgehead atoms. The molecule has 0 saturated heterocycles. The highest BCUT2D eigenvalue weighted by Crippen LogP contribution is 2.31. The Balaban J connectivity index is 2.99.